The number of hydrogen-bond acceptors (Lipinski definition) is 15. The van der Waals surface area contributed by atoms with Gasteiger partial charge >= 0.3 is 39.5 Å². The van der Waals surface area contributed by atoms with E-state index in [1.165, 1.54) is 116 Å². The molecule has 0 rings (SSSR count). The van der Waals surface area contributed by atoms with Crippen molar-refractivity contribution in [3.05, 3.63) is 0 Å². The summed E-state index contributed by atoms with van der Waals surface area (Å²) in [5, 5.41) is 10.5. The zero-order valence-electron chi connectivity index (χ0n) is 51.2. The highest BCUT2D eigenvalue weighted by Crippen LogP contribution is 2.45. The van der Waals surface area contributed by atoms with Crippen molar-refractivity contribution < 1.29 is 80.2 Å². The number of aliphatic hydroxyl groups is 1. The van der Waals surface area contributed by atoms with E-state index in [-0.39, 0.29) is 25.7 Å². The second kappa shape index (κ2) is 55.0. The van der Waals surface area contributed by atoms with Gasteiger partial charge in [0.15, 0.2) is 12.2 Å². The van der Waals surface area contributed by atoms with Crippen molar-refractivity contribution in [3.63, 3.8) is 0 Å². The van der Waals surface area contributed by atoms with Crippen molar-refractivity contribution >= 4 is 39.5 Å². The molecule has 0 aliphatic rings. The minimum Gasteiger partial charge on any atom is -0.462 e. The first kappa shape index (κ1) is 78.1. The molecule has 80 heavy (non-hydrogen) atoms. The molecule has 17 nitrogen and oxygen atoms in total. The lowest BCUT2D eigenvalue weighted by Crippen LogP contribution is -2.30. The van der Waals surface area contributed by atoms with Gasteiger partial charge in [0.25, 0.3) is 0 Å². The number of esters is 4. The highest BCUT2D eigenvalue weighted by Gasteiger charge is 2.30. The van der Waals surface area contributed by atoms with Gasteiger partial charge in [-0.15, -0.1) is 0 Å². The van der Waals surface area contributed by atoms with Crippen molar-refractivity contribution in [3.8, 4) is 0 Å². The van der Waals surface area contributed by atoms with Crippen LogP contribution in [0.2, 0.25) is 0 Å². The lowest BCUT2D eigenvalue weighted by Gasteiger charge is -2.21. The molecule has 0 aliphatic heterocycles. The molecular weight excluding hydrogens is 1070 g/mol. The van der Waals surface area contributed by atoms with Gasteiger partial charge < -0.3 is 33.8 Å². The molecular formula is C61H118O17P2. The Kier molecular flexibility index (Phi) is 53.6. The van der Waals surface area contributed by atoms with E-state index in [2.05, 4.69) is 34.6 Å². The third-order valence-electron chi connectivity index (χ3n) is 14.4. The summed E-state index contributed by atoms with van der Waals surface area (Å²) in [4.78, 5) is 71.4. The summed E-state index contributed by atoms with van der Waals surface area (Å²) < 4.78 is 67.3. The summed E-state index contributed by atoms with van der Waals surface area (Å²) >= 11 is 0. The maximum absolute atomic E-state index is 12.9. The van der Waals surface area contributed by atoms with Crippen molar-refractivity contribution in [2.45, 2.75) is 323 Å². The molecule has 0 aromatic carbocycles. The van der Waals surface area contributed by atoms with E-state index >= 15 is 0 Å². The van der Waals surface area contributed by atoms with Gasteiger partial charge in [0, 0.05) is 25.7 Å². The first-order valence-electron chi connectivity index (χ1n) is 32.2. The first-order chi connectivity index (χ1) is 38.6. The highest BCUT2D eigenvalue weighted by molar-refractivity contribution is 7.47. The summed E-state index contributed by atoms with van der Waals surface area (Å²) in [5.74, 6) is -1.29. The Bertz CT molecular complexity index is 1570. The molecule has 3 unspecified atom stereocenters. The van der Waals surface area contributed by atoms with E-state index in [4.69, 9.17) is 37.0 Å². The van der Waals surface area contributed by atoms with Gasteiger partial charge in [0.2, 0.25) is 0 Å². The largest absolute Gasteiger partial charge is 0.472 e. The molecule has 19 heteroatoms. The molecule has 6 atom stereocenters. The number of phosphoric ester groups is 2. The molecule has 474 valence electrons. The van der Waals surface area contributed by atoms with E-state index < -0.39 is 97.5 Å². The lowest BCUT2D eigenvalue weighted by molar-refractivity contribution is -0.161. The molecule has 0 amide bonds. The van der Waals surface area contributed by atoms with Crippen LogP contribution < -0.4 is 0 Å². The smallest absolute Gasteiger partial charge is 0.462 e. The number of carbonyl (C=O) groups is 4. The molecule has 0 aromatic rings. The van der Waals surface area contributed by atoms with Crippen LogP contribution >= 0.6 is 15.6 Å². The predicted octanol–water partition coefficient (Wildman–Crippen LogP) is 16.6. The zero-order valence-corrected chi connectivity index (χ0v) is 53.0. The number of hydrogen-bond donors (Lipinski definition) is 3. The quantitative estimate of drug-likeness (QED) is 0.0222. The molecule has 3 N–H and O–H groups in total. The molecule has 0 saturated carbocycles. The Morgan fingerprint density at radius 1 is 0.350 bits per heavy atom. The van der Waals surface area contributed by atoms with Crippen LogP contribution in [0.1, 0.15) is 304 Å². The summed E-state index contributed by atoms with van der Waals surface area (Å²) in [5.41, 5.74) is 0. The molecule has 0 fully saturated rings. The third-order valence-corrected chi connectivity index (χ3v) is 16.3. The maximum atomic E-state index is 12.9. The summed E-state index contributed by atoms with van der Waals surface area (Å²) in [6.45, 7) is 7.02. The summed E-state index contributed by atoms with van der Waals surface area (Å²) in [7, 11) is -9.85. The molecule has 0 aromatic heterocycles. The minimum absolute atomic E-state index is 0.0989. The standard InChI is InChI=1S/C61H118O17P2/c1-6-10-13-16-17-31-36-40-45-59(64)72-51-57(78-61(66)47-42-37-32-29-27-25-23-21-19-18-20-22-24-26-28-30-35-38-43-54(5)9-4)53-76-80(69,70)74-49-55(62)48-73-79(67,68)75-52-56(77-60(65)46-41-34-15-12-8-3)50-71-58(63)44-39-33-14-11-7-2/h54-57,62H,6-53H2,1-5H3,(H,67,68)(H,69,70)/t54?,55-,56+,57+/m0/s1. The van der Waals surface area contributed by atoms with Gasteiger partial charge in [-0.1, -0.05) is 253 Å². The van der Waals surface area contributed by atoms with Gasteiger partial charge in [0.1, 0.15) is 19.3 Å². The van der Waals surface area contributed by atoms with E-state index in [0.29, 0.717) is 25.7 Å². The Balaban J connectivity index is 4.95. The average Bonchev–Trinajstić information content (AvgIpc) is 3.43. The zero-order chi connectivity index (χ0) is 59.2. The van der Waals surface area contributed by atoms with Crippen molar-refractivity contribution in [1.82, 2.24) is 0 Å². The number of carbonyl (C=O) groups excluding carboxylic acids is 4. The normalized spacial score (nSPS) is 14.7. The molecule has 0 radical (unpaired) electrons. The Morgan fingerprint density at radius 2 is 0.600 bits per heavy atom. The van der Waals surface area contributed by atoms with Gasteiger partial charge in [-0.2, -0.15) is 0 Å². The fraction of sp³-hybridized carbons (Fsp3) is 0.934. The summed E-state index contributed by atoms with van der Waals surface area (Å²) in [6.07, 6.45) is 38.6. The molecule has 0 heterocycles. The van der Waals surface area contributed by atoms with E-state index in [1.807, 2.05) is 0 Å². The van der Waals surface area contributed by atoms with Crippen LogP contribution in [0.5, 0.6) is 0 Å². The molecule has 0 bridgehead atoms. The third kappa shape index (κ3) is 54.0. The van der Waals surface area contributed by atoms with Gasteiger partial charge in [-0.05, 0) is 31.6 Å². The highest BCUT2D eigenvalue weighted by atomic mass is 31.2. The van der Waals surface area contributed by atoms with Crippen LogP contribution in [0, 0.1) is 5.92 Å². The molecule has 0 spiro atoms. The first-order valence-corrected chi connectivity index (χ1v) is 35.2. The van der Waals surface area contributed by atoms with E-state index in [1.54, 1.807) is 0 Å². The second-order valence-electron chi connectivity index (χ2n) is 22.3. The number of unbranched alkanes of at least 4 members (excludes halogenated alkanes) is 32. The second-order valence-corrected chi connectivity index (χ2v) is 25.2. The maximum Gasteiger partial charge on any atom is 0.472 e. The van der Waals surface area contributed by atoms with Gasteiger partial charge in [-0.25, -0.2) is 9.13 Å². The summed E-state index contributed by atoms with van der Waals surface area (Å²) in [6, 6.07) is 0. The fourth-order valence-electron chi connectivity index (χ4n) is 9.02. The van der Waals surface area contributed by atoms with E-state index in [9.17, 15) is 43.2 Å². The van der Waals surface area contributed by atoms with Crippen LogP contribution in [-0.2, 0) is 65.4 Å². The number of ether oxygens (including phenoxy) is 4. The number of phosphoric acid groups is 2. The predicted molar refractivity (Wildman–Crippen MR) is 317 cm³/mol. The Hall–Kier alpha value is -1.94. The van der Waals surface area contributed by atoms with Crippen molar-refractivity contribution in [1.29, 1.82) is 0 Å². The Labute approximate surface area is 486 Å². The van der Waals surface area contributed by atoms with E-state index in [0.717, 1.165) is 109 Å². The fourth-order valence-corrected chi connectivity index (χ4v) is 10.6. The van der Waals surface area contributed by atoms with Crippen molar-refractivity contribution in [2.75, 3.05) is 39.6 Å². The SMILES string of the molecule is CCCCCCCCCCC(=O)OC[C@H](COP(=O)(O)OC[C@@H](O)COP(=O)(O)OC[C@@H](COC(=O)CCCCCCC)OC(=O)CCCCCCC)OC(=O)CCCCCCCCCCCCCCCCCCCCC(C)CC. The van der Waals surface area contributed by atoms with Crippen LogP contribution in [0.3, 0.4) is 0 Å². The number of aliphatic hydroxyl groups excluding tert-OH is 1. The Morgan fingerprint density at radius 3 is 0.887 bits per heavy atom. The van der Waals surface area contributed by atoms with Crippen molar-refractivity contribution in [2.24, 2.45) is 5.92 Å². The topological polar surface area (TPSA) is 237 Å². The number of rotatable bonds is 61. The monoisotopic (exact) mass is 1180 g/mol. The van der Waals surface area contributed by atoms with Crippen LogP contribution in [0.25, 0.3) is 0 Å². The minimum atomic E-state index is -4.93. The van der Waals surface area contributed by atoms with Gasteiger partial charge in [0.05, 0.1) is 26.4 Å². The van der Waals surface area contributed by atoms with Crippen LogP contribution in [-0.4, -0.2) is 96.7 Å². The van der Waals surface area contributed by atoms with Crippen LogP contribution in [0.15, 0.2) is 0 Å². The van der Waals surface area contributed by atoms with Gasteiger partial charge in [-0.3, -0.25) is 37.3 Å². The molecule has 0 aliphatic carbocycles. The average molecular weight is 1190 g/mol. The lowest BCUT2D eigenvalue weighted by atomic mass is 9.99. The molecule has 0 saturated heterocycles. The van der Waals surface area contributed by atoms with Crippen LogP contribution in [0.4, 0.5) is 0 Å².